The van der Waals surface area contributed by atoms with Gasteiger partial charge < -0.3 is 0 Å². The van der Waals surface area contributed by atoms with Crippen LogP contribution in [0.5, 0.6) is 0 Å². The van der Waals surface area contributed by atoms with E-state index in [1.807, 2.05) is 11.3 Å². The van der Waals surface area contributed by atoms with E-state index in [1.54, 1.807) is 0 Å². The molecule has 1 heterocycles. The molecule has 0 radical (unpaired) electrons. The highest BCUT2D eigenvalue weighted by atomic mass is 32.1. The van der Waals surface area contributed by atoms with Crippen LogP contribution in [0.15, 0.2) is 231 Å². The van der Waals surface area contributed by atoms with Gasteiger partial charge in [0.25, 0.3) is 0 Å². The number of benzene rings is 12. The molecule has 0 aliphatic carbocycles. The summed E-state index contributed by atoms with van der Waals surface area (Å²) in [4.78, 5) is 0. The Kier molecular flexibility index (Phi) is 8.19. The summed E-state index contributed by atoms with van der Waals surface area (Å²) in [5.74, 6) is 0. The standard InChI is InChI=1S/C62H38S/c1-3-18-39(19-4-1)42-35-36-53(44-23-8-7-22-43(42)44)60-49-28-13-15-30-51(49)61(52-31-16-14-29-50(52)60)54-32-17-33-57-62(54)55-38-41(34-37-56(55)63-57)59-47-26-11-9-24-45(47)58(40-20-5-2-6-21-40)46-25-10-12-27-48(46)59/h1-38H. The fourth-order valence-corrected chi connectivity index (χ4v) is 11.8. The molecule has 1 aromatic heterocycles. The van der Waals surface area contributed by atoms with Gasteiger partial charge in [0.1, 0.15) is 0 Å². The molecule has 0 saturated carbocycles. The number of rotatable bonds is 5. The Bertz CT molecular complexity index is 3840. The zero-order valence-corrected chi connectivity index (χ0v) is 35.2. The van der Waals surface area contributed by atoms with Crippen molar-refractivity contribution in [3.8, 4) is 55.6 Å². The maximum Gasteiger partial charge on any atom is 0.0361 e. The molecule has 0 aliphatic heterocycles. The van der Waals surface area contributed by atoms with Gasteiger partial charge in [-0.1, -0.05) is 212 Å². The lowest BCUT2D eigenvalue weighted by atomic mass is 9.83. The van der Waals surface area contributed by atoms with Gasteiger partial charge in [-0.2, -0.15) is 0 Å². The van der Waals surface area contributed by atoms with Crippen LogP contribution in [-0.4, -0.2) is 0 Å². The minimum Gasteiger partial charge on any atom is -0.135 e. The van der Waals surface area contributed by atoms with Gasteiger partial charge in [-0.3, -0.25) is 0 Å². The lowest BCUT2D eigenvalue weighted by Crippen LogP contribution is -1.93. The van der Waals surface area contributed by atoms with E-state index >= 15 is 0 Å². The first-order valence-electron chi connectivity index (χ1n) is 21.8. The molecule has 0 atom stereocenters. The Hall–Kier alpha value is -7.84. The fourth-order valence-electron chi connectivity index (χ4n) is 10.6. The van der Waals surface area contributed by atoms with E-state index in [0.717, 1.165) is 0 Å². The van der Waals surface area contributed by atoms with E-state index in [9.17, 15) is 0 Å². The molecule has 292 valence electrons. The van der Waals surface area contributed by atoms with Crippen LogP contribution in [0.25, 0.3) is 130 Å². The number of hydrogen-bond donors (Lipinski definition) is 0. The predicted octanol–water partition coefficient (Wildman–Crippen LogP) is 18.2. The number of thiophene rings is 1. The van der Waals surface area contributed by atoms with E-state index < -0.39 is 0 Å². The topological polar surface area (TPSA) is 0 Å². The Morgan fingerprint density at radius 1 is 0.206 bits per heavy atom. The van der Waals surface area contributed by atoms with Crippen molar-refractivity contribution < 1.29 is 0 Å². The second kappa shape index (κ2) is 14.4. The SMILES string of the molecule is c1ccc(-c2ccc(-c3c4ccccc4c(-c4cccc5sc6ccc(-c7c8ccccc8c(-c8ccccc8)c8ccccc78)cc6c45)c4ccccc34)c3ccccc23)cc1. The molecule has 0 aliphatic rings. The lowest BCUT2D eigenvalue weighted by molar-refractivity contribution is 1.64. The molecule has 0 fully saturated rings. The van der Waals surface area contributed by atoms with E-state index in [-0.39, 0.29) is 0 Å². The van der Waals surface area contributed by atoms with Crippen LogP contribution in [0, 0.1) is 0 Å². The summed E-state index contributed by atoms with van der Waals surface area (Å²) in [6.07, 6.45) is 0. The molecule has 0 unspecified atom stereocenters. The predicted molar refractivity (Wildman–Crippen MR) is 274 cm³/mol. The Morgan fingerprint density at radius 2 is 0.619 bits per heavy atom. The van der Waals surface area contributed by atoms with Gasteiger partial charge in [-0.15, -0.1) is 11.3 Å². The average molecular weight is 815 g/mol. The second-order valence-electron chi connectivity index (χ2n) is 16.6. The van der Waals surface area contributed by atoms with Crippen LogP contribution in [0.4, 0.5) is 0 Å². The Labute approximate surface area is 369 Å². The van der Waals surface area contributed by atoms with Gasteiger partial charge in [-0.05, 0) is 128 Å². The molecule has 63 heavy (non-hydrogen) atoms. The molecular weight excluding hydrogens is 777 g/mol. The molecule has 13 rings (SSSR count). The van der Waals surface area contributed by atoms with E-state index in [4.69, 9.17) is 0 Å². The zero-order chi connectivity index (χ0) is 41.4. The van der Waals surface area contributed by atoms with Crippen LogP contribution in [-0.2, 0) is 0 Å². The molecule has 12 aromatic carbocycles. The number of hydrogen-bond acceptors (Lipinski definition) is 1. The Balaban J connectivity index is 1.08. The molecule has 0 N–H and O–H groups in total. The Morgan fingerprint density at radius 3 is 1.16 bits per heavy atom. The van der Waals surface area contributed by atoms with Crippen LogP contribution >= 0.6 is 11.3 Å². The normalized spacial score (nSPS) is 11.8. The summed E-state index contributed by atoms with van der Waals surface area (Å²) in [5, 5.41) is 15.3. The highest BCUT2D eigenvalue weighted by Gasteiger charge is 2.22. The van der Waals surface area contributed by atoms with Gasteiger partial charge in [-0.25, -0.2) is 0 Å². The summed E-state index contributed by atoms with van der Waals surface area (Å²) in [7, 11) is 0. The van der Waals surface area contributed by atoms with Gasteiger partial charge in [0.05, 0.1) is 0 Å². The summed E-state index contributed by atoms with van der Waals surface area (Å²) < 4.78 is 2.60. The molecule has 0 amide bonds. The number of fused-ring (bicyclic) bond motifs is 8. The minimum absolute atomic E-state index is 1.23. The van der Waals surface area contributed by atoms with E-state index in [0.29, 0.717) is 0 Å². The quantitative estimate of drug-likeness (QED) is 0.152. The van der Waals surface area contributed by atoms with Crippen molar-refractivity contribution in [2.24, 2.45) is 0 Å². The van der Waals surface area contributed by atoms with E-state index in [1.165, 1.54) is 130 Å². The van der Waals surface area contributed by atoms with Crippen LogP contribution in [0.2, 0.25) is 0 Å². The van der Waals surface area contributed by atoms with Crippen LogP contribution < -0.4 is 0 Å². The molecule has 0 nitrogen and oxygen atoms in total. The maximum absolute atomic E-state index is 2.48. The summed E-state index contributed by atoms with van der Waals surface area (Å²) >= 11 is 1.89. The van der Waals surface area contributed by atoms with E-state index in [2.05, 4.69) is 231 Å². The van der Waals surface area contributed by atoms with Gasteiger partial charge >= 0.3 is 0 Å². The highest BCUT2D eigenvalue weighted by Crippen LogP contribution is 2.51. The minimum atomic E-state index is 1.23. The third-order valence-electron chi connectivity index (χ3n) is 13.3. The summed E-state index contributed by atoms with van der Waals surface area (Å²) in [6.45, 7) is 0. The first-order chi connectivity index (χ1) is 31.3. The first-order valence-corrected chi connectivity index (χ1v) is 22.6. The van der Waals surface area contributed by atoms with Crippen molar-refractivity contribution in [3.63, 3.8) is 0 Å². The molecule has 0 saturated heterocycles. The average Bonchev–Trinajstić information content (AvgIpc) is 3.73. The fraction of sp³-hybridized carbons (Fsp3) is 0. The van der Waals surface area contributed by atoms with Crippen molar-refractivity contribution in [2.75, 3.05) is 0 Å². The van der Waals surface area contributed by atoms with Crippen molar-refractivity contribution in [2.45, 2.75) is 0 Å². The third kappa shape index (κ3) is 5.54. The van der Waals surface area contributed by atoms with Crippen molar-refractivity contribution >= 4 is 85.4 Å². The van der Waals surface area contributed by atoms with Crippen molar-refractivity contribution in [1.29, 1.82) is 0 Å². The van der Waals surface area contributed by atoms with Crippen LogP contribution in [0.3, 0.4) is 0 Å². The molecule has 0 spiro atoms. The highest BCUT2D eigenvalue weighted by molar-refractivity contribution is 7.26. The van der Waals surface area contributed by atoms with Crippen LogP contribution in [0.1, 0.15) is 0 Å². The lowest BCUT2D eigenvalue weighted by Gasteiger charge is -2.20. The van der Waals surface area contributed by atoms with Crippen molar-refractivity contribution in [1.82, 2.24) is 0 Å². The molecule has 13 aromatic rings. The van der Waals surface area contributed by atoms with Gasteiger partial charge in [0.15, 0.2) is 0 Å². The first kappa shape index (κ1) is 35.9. The molecular formula is C62H38S. The van der Waals surface area contributed by atoms with Gasteiger partial charge in [0.2, 0.25) is 0 Å². The molecule has 1 heteroatoms. The van der Waals surface area contributed by atoms with Crippen molar-refractivity contribution in [3.05, 3.63) is 231 Å². The second-order valence-corrected chi connectivity index (χ2v) is 17.7. The third-order valence-corrected chi connectivity index (χ3v) is 14.4. The van der Waals surface area contributed by atoms with Gasteiger partial charge in [0, 0.05) is 20.2 Å². The maximum atomic E-state index is 2.48. The summed E-state index contributed by atoms with van der Waals surface area (Å²) in [5.41, 5.74) is 12.6. The summed E-state index contributed by atoms with van der Waals surface area (Å²) in [6, 6.07) is 85.5. The zero-order valence-electron chi connectivity index (χ0n) is 34.3. The monoisotopic (exact) mass is 814 g/mol. The molecule has 0 bridgehead atoms. The smallest absolute Gasteiger partial charge is 0.0361 e. The largest absolute Gasteiger partial charge is 0.135 e.